The van der Waals surface area contributed by atoms with Gasteiger partial charge in [0.25, 0.3) is 0 Å². The van der Waals surface area contributed by atoms with Gasteiger partial charge in [-0.2, -0.15) is 5.26 Å². The molecule has 4 aromatic rings. The molecule has 2 aliphatic rings. The van der Waals surface area contributed by atoms with Gasteiger partial charge in [0.05, 0.1) is 41.9 Å². The van der Waals surface area contributed by atoms with Crippen molar-refractivity contribution in [2.45, 2.75) is 51.0 Å². The highest BCUT2D eigenvalue weighted by atomic mass is 19.1. The molecule has 2 aromatic heterocycles. The maximum absolute atomic E-state index is 14.3. The summed E-state index contributed by atoms with van der Waals surface area (Å²) in [6.45, 7) is 4.48. The van der Waals surface area contributed by atoms with E-state index in [9.17, 15) is 4.39 Å². The Kier molecular flexibility index (Phi) is 7.04. The zero-order chi connectivity index (χ0) is 25.9. The highest BCUT2D eigenvalue weighted by Gasteiger charge is 2.26. The molecule has 7 nitrogen and oxygen atoms in total. The van der Waals surface area contributed by atoms with E-state index >= 15 is 0 Å². The van der Waals surface area contributed by atoms with Crippen molar-refractivity contribution in [2.75, 3.05) is 19.7 Å². The van der Waals surface area contributed by atoms with E-state index in [1.54, 1.807) is 18.3 Å². The van der Waals surface area contributed by atoms with E-state index in [1.807, 2.05) is 18.2 Å². The quantitative estimate of drug-likeness (QED) is 0.324. The van der Waals surface area contributed by atoms with Crippen LogP contribution in [0.25, 0.3) is 11.0 Å². The topological polar surface area (TPSA) is 76.2 Å². The monoisotopic (exact) mass is 511 g/mol. The predicted molar refractivity (Wildman–Crippen MR) is 141 cm³/mol. The van der Waals surface area contributed by atoms with Crippen LogP contribution in [0.5, 0.6) is 5.88 Å². The van der Waals surface area contributed by atoms with Crippen molar-refractivity contribution in [2.24, 2.45) is 0 Å². The number of aromatic nitrogens is 3. The number of imidazole rings is 1. The molecular formula is C30H30FN5O2. The molecule has 0 spiro atoms. The number of nitriles is 1. The number of hydrogen-bond acceptors (Lipinski definition) is 6. The van der Waals surface area contributed by atoms with Gasteiger partial charge in [-0.25, -0.2) is 14.4 Å². The lowest BCUT2D eigenvalue weighted by atomic mass is 9.90. The van der Waals surface area contributed by atoms with Crippen LogP contribution in [0.15, 0.2) is 60.8 Å². The summed E-state index contributed by atoms with van der Waals surface area (Å²) in [5.41, 5.74) is 3.97. The fourth-order valence-electron chi connectivity index (χ4n) is 5.40. The van der Waals surface area contributed by atoms with Crippen LogP contribution in [0.1, 0.15) is 47.7 Å². The van der Waals surface area contributed by atoms with E-state index < -0.39 is 5.82 Å². The van der Waals surface area contributed by atoms with Crippen molar-refractivity contribution in [3.8, 4) is 11.9 Å². The molecule has 2 fully saturated rings. The maximum Gasteiger partial charge on any atom is 0.217 e. The number of nitrogens with zero attached hydrogens (tertiary/aromatic N) is 5. The minimum atomic E-state index is -0.440. The number of ether oxygens (including phenoxy) is 2. The Balaban J connectivity index is 1.11. The normalized spacial score (nSPS) is 18.3. The summed E-state index contributed by atoms with van der Waals surface area (Å²) in [4.78, 5) is 11.9. The number of benzene rings is 2. The van der Waals surface area contributed by atoms with Crippen molar-refractivity contribution >= 4 is 11.0 Å². The minimum absolute atomic E-state index is 0.0708. The molecule has 4 heterocycles. The van der Waals surface area contributed by atoms with Gasteiger partial charge in [-0.05, 0) is 68.6 Å². The first kappa shape index (κ1) is 24.5. The summed E-state index contributed by atoms with van der Waals surface area (Å²) in [6, 6.07) is 18.7. The molecule has 0 bridgehead atoms. The van der Waals surface area contributed by atoms with Crippen LogP contribution in [-0.4, -0.2) is 45.2 Å². The number of hydrogen-bond donors (Lipinski definition) is 0. The van der Waals surface area contributed by atoms with E-state index in [0.29, 0.717) is 22.9 Å². The van der Waals surface area contributed by atoms with Gasteiger partial charge in [0.1, 0.15) is 18.2 Å². The number of rotatable bonds is 8. The Morgan fingerprint density at radius 1 is 1.08 bits per heavy atom. The average Bonchev–Trinajstić information content (AvgIpc) is 3.27. The zero-order valence-electron chi connectivity index (χ0n) is 21.2. The third kappa shape index (κ3) is 5.13. The van der Waals surface area contributed by atoms with E-state index in [1.165, 1.54) is 11.6 Å². The van der Waals surface area contributed by atoms with E-state index in [0.717, 1.165) is 69.0 Å². The first-order chi connectivity index (χ1) is 18.7. The van der Waals surface area contributed by atoms with Crippen molar-refractivity contribution < 1.29 is 13.9 Å². The third-order valence-electron chi connectivity index (χ3n) is 7.65. The smallest absolute Gasteiger partial charge is 0.217 e. The first-order valence-electron chi connectivity index (χ1n) is 13.2. The first-order valence-corrected chi connectivity index (χ1v) is 13.2. The van der Waals surface area contributed by atoms with Crippen molar-refractivity contribution in [1.82, 2.24) is 19.4 Å². The Labute approximate surface area is 221 Å². The fraction of sp³-hybridized carbons (Fsp3) is 0.367. The number of halogens is 1. The molecule has 6 rings (SSSR count). The molecule has 0 aliphatic carbocycles. The van der Waals surface area contributed by atoms with Crippen LogP contribution in [0.3, 0.4) is 0 Å². The maximum atomic E-state index is 14.3. The van der Waals surface area contributed by atoms with Crippen LogP contribution in [0.4, 0.5) is 4.39 Å². The number of fused-ring (bicyclic) bond motifs is 1. The second kappa shape index (κ2) is 10.9. The number of para-hydroxylation sites is 2. The van der Waals surface area contributed by atoms with Crippen LogP contribution in [-0.2, 0) is 24.4 Å². The zero-order valence-corrected chi connectivity index (χ0v) is 21.2. The molecule has 0 radical (unpaired) electrons. The number of pyridine rings is 1. The second-order valence-electron chi connectivity index (χ2n) is 10.1. The number of likely N-dealkylation sites (tertiary alicyclic amines) is 1. The fourth-order valence-corrected chi connectivity index (χ4v) is 5.40. The van der Waals surface area contributed by atoms with E-state index in [2.05, 4.69) is 38.7 Å². The van der Waals surface area contributed by atoms with Crippen LogP contribution < -0.4 is 4.74 Å². The van der Waals surface area contributed by atoms with E-state index in [4.69, 9.17) is 19.7 Å². The summed E-state index contributed by atoms with van der Waals surface area (Å²) in [5, 5.41) is 8.97. The average molecular weight is 512 g/mol. The largest absolute Gasteiger partial charge is 0.472 e. The summed E-state index contributed by atoms with van der Waals surface area (Å²) >= 11 is 0. The summed E-state index contributed by atoms with van der Waals surface area (Å²) in [6.07, 6.45) is 5.06. The second-order valence-corrected chi connectivity index (χ2v) is 10.1. The summed E-state index contributed by atoms with van der Waals surface area (Å²) in [7, 11) is 0. The molecule has 0 N–H and O–H groups in total. The van der Waals surface area contributed by atoms with Crippen molar-refractivity contribution in [3.05, 3.63) is 89.1 Å². The summed E-state index contributed by atoms with van der Waals surface area (Å²) < 4.78 is 28.4. The SMILES string of the molecule is N#Cc1ccc(COc2ncccc2C2CCN(Cc3nc4ccccc4n3C[C@@H]3CCO3)CC2)c(F)c1. The van der Waals surface area contributed by atoms with Crippen LogP contribution >= 0.6 is 0 Å². The molecule has 2 aliphatic heterocycles. The lowest BCUT2D eigenvalue weighted by Gasteiger charge is -2.33. The number of piperidine rings is 1. The highest BCUT2D eigenvalue weighted by molar-refractivity contribution is 5.75. The summed E-state index contributed by atoms with van der Waals surface area (Å²) in [5.74, 6) is 1.53. The van der Waals surface area contributed by atoms with Crippen molar-refractivity contribution in [3.63, 3.8) is 0 Å². The Hall–Kier alpha value is -3.80. The van der Waals surface area contributed by atoms with Crippen molar-refractivity contribution in [1.29, 1.82) is 5.26 Å². The lowest BCUT2D eigenvalue weighted by Crippen LogP contribution is -2.35. The minimum Gasteiger partial charge on any atom is -0.472 e. The van der Waals surface area contributed by atoms with Crippen LogP contribution in [0, 0.1) is 17.1 Å². The molecule has 0 unspecified atom stereocenters. The van der Waals surface area contributed by atoms with Gasteiger partial charge in [0, 0.05) is 23.9 Å². The molecule has 8 heteroatoms. The molecule has 1 atom stereocenters. The highest BCUT2D eigenvalue weighted by Crippen LogP contribution is 2.34. The van der Waals surface area contributed by atoms with E-state index in [-0.39, 0.29) is 12.7 Å². The predicted octanol–water partition coefficient (Wildman–Crippen LogP) is 5.19. The molecule has 2 aromatic carbocycles. The standard InChI is InChI=1S/C30H30FN5O2/c31-26-16-21(17-32)7-8-23(26)20-38-30-25(4-3-12-33-30)22-9-13-35(14-10-22)19-29-34-27-5-1-2-6-28(27)36(29)18-24-11-15-37-24/h1-8,12,16,22,24H,9-11,13-15,18-20H2/t24-/m0/s1. The Morgan fingerprint density at radius 3 is 2.68 bits per heavy atom. The van der Waals surface area contributed by atoms with Gasteiger partial charge in [-0.1, -0.05) is 24.3 Å². The molecular weight excluding hydrogens is 481 g/mol. The molecule has 2 saturated heterocycles. The third-order valence-corrected chi connectivity index (χ3v) is 7.65. The van der Waals surface area contributed by atoms with Gasteiger partial charge >= 0.3 is 0 Å². The molecule has 0 amide bonds. The lowest BCUT2D eigenvalue weighted by molar-refractivity contribution is -0.0592. The van der Waals surface area contributed by atoms with Gasteiger partial charge in [-0.3, -0.25) is 4.90 Å². The van der Waals surface area contributed by atoms with Gasteiger partial charge in [-0.15, -0.1) is 0 Å². The van der Waals surface area contributed by atoms with Gasteiger partial charge < -0.3 is 14.0 Å². The van der Waals surface area contributed by atoms with Gasteiger partial charge in [0.2, 0.25) is 5.88 Å². The molecule has 194 valence electrons. The Bertz CT molecular complexity index is 1470. The molecule has 0 saturated carbocycles. The molecule has 38 heavy (non-hydrogen) atoms. The Morgan fingerprint density at radius 2 is 1.92 bits per heavy atom. The van der Waals surface area contributed by atoms with Gasteiger partial charge in [0.15, 0.2) is 0 Å². The van der Waals surface area contributed by atoms with Crippen LogP contribution in [0.2, 0.25) is 0 Å².